The number of hydrogen-bond donors (Lipinski definition) is 1. The third-order valence-electron chi connectivity index (χ3n) is 3.54. The Bertz CT molecular complexity index is 336. The van der Waals surface area contributed by atoms with Gasteiger partial charge in [-0.1, -0.05) is 51.1 Å². The van der Waals surface area contributed by atoms with E-state index in [1.165, 1.54) is 17.7 Å². The first-order valence-corrected chi connectivity index (χ1v) is 7.69. The molecule has 3 unspecified atom stereocenters. The molecule has 1 aromatic rings. The molecule has 1 N–H and O–H groups in total. The van der Waals surface area contributed by atoms with E-state index in [1.54, 1.807) is 0 Å². The normalized spacial score (nSPS) is 29.5. The van der Waals surface area contributed by atoms with Crippen molar-refractivity contribution in [3.05, 3.63) is 35.9 Å². The second kappa shape index (κ2) is 5.92. The lowest BCUT2D eigenvalue weighted by Gasteiger charge is -2.39. The maximum Gasteiger partial charge on any atom is 0.0445 e. The van der Waals surface area contributed by atoms with Crippen LogP contribution in [0.15, 0.2) is 30.3 Å². The summed E-state index contributed by atoms with van der Waals surface area (Å²) in [6.07, 6.45) is 1.22. The van der Waals surface area contributed by atoms with Crippen LogP contribution in [0.25, 0.3) is 0 Å². The Morgan fingerprint density at radius 2 is 2.00 bits per heavy atom. The molecule has 2 rings (SSSR count). The summed E-state index contributed by atoms with van der Waals surface area (Å²) in [6.45, 7) is 6.94. The molecule has 17 heavy (non-hydrogen) atoms. The van der Waals surface area contributed by atoms with Crippen molar-refractivity contribution < 1.29 is 0 Å². The standard InChI is InChI=1S/C15H23NS/c1-4-13-10-17-15(11(2)3)14(16-13)12-8-6-5-7-9-12/h5-9,11,13-16H,4,10H2,1-3H3. The Hall–Kier alpha value is -0.470. The van der Waals surface area contributed by atoms with Gasteiger partial charge in [-0.3, -0.25) is 0 Å². The maximum atomic E-state index is 3.83. The van der Waals surface area contributed by atoms with E-state index < -0.39 is 0 Å². The van der Waals surface area contributed by atoms with Crippen LogP contribution in [-0.4, -0.2) is 17.0 Å². The summed E-state index contributed by atoms with van der Waals surface area (Å²) in [5.74, 6) is 1.97. The Morgan fingerprint density at radius 3 is 2.59 bits per heavy atom. The number of benzene rings is 1. The summed E-state index contributed by atoms with van der Waals surface area (Å²) in [7, 11) is 0. The lowest BCUT2D eigenvalue weighted by atomic mass is 9.95. The topological polar surface area (TPSA) is 12.0 Å². The van der Waals surface area contributed by atoms with Gasteiger partial charge in [-0.05, 0) is 17.9 Å². The molecule has 2 heteroatoms. The molecule has 1 aliphatic heterocycles. The molecule has 1 aliphatic rings. The summed E-state index contributed by atoms with van der Waals surface area (Å²) in [5.41, 5.74) is 1.44. The van der Waals surface area contributed by atoms with Crippen LogP contribution in [0, 0.1) is 5.92 Å². The number of nitrogens with one attached hydrogen (secondary N) is 1. The molecule has 0 spiro atoms. The minimum absolute atomic E-state index is 0.514. The minimum Gasteiger partial charge on any atom is -0.305 e. The van der Waals surface area contributed by atoms with E-state index in [1.807, 2.05) is 0 Å². The van der Waals surface area contributed by atoms with Gasteiger partial charge in [-0.15, -0.1) is 0 Å². The highest BCUT2D eigenvalue weighted by Crippen LogP contribution is 2.36. The third-order valence-corrected chi connectivity index (χ3v) is 5.34. The van der Waals surface area contributed by atoms with Crippen LogP contribution >= 0.6 is 11.8 Å². The van der Waals surface area contributed by atoms with Gasteiger partial charge < -0.3 is 5.32 Å². The van der Waals surface area contributed by atoms with Gasteiger partial charge in [0.05, 0.1) is 0 Å². The predicted molar refractivity (Wildman–Crippen MR) is 77.5 cm³/mol. The first-order valence-electron chi connectivity index (χ1n) is 6.65. The largest absolute Gasteiger partial charge is 0.305 e. The summed E-state index contributed by atoms with van der Waals surface area (Å²) < 4.78 is 0. The second-order valence-electron chi connectivity index (χ2n) is 5.20. The van der Waals surface area contributed by atoms with E-state index >= 15 is 0 Å². The maximum absolute atomic E-state index is 3.83. The van der Waals surface area contributed by atoms with Crippen molar-refractivity contribution in [2.45, 2.75) is 44.5 Å². The summed E-state index contributed by atoms with van der Waals surface area (Å²) in [6, 6.07) is 12.1. The summed E-state index contributed by atoms with van der Waals surface area (Å²) in [5, 5.41) is 4.52. The van der Waals surface area contributed by atoms with Crippen LogP contribution in [0.2, 0.25) is 0 Å². The molecule has 1 heterocycles. The van der Waals surface area contributed by atoms with E-state index in [-0.39, 0.29) is 0 Å². The Kier molecular flexibility index (Phi) is 4.52. The van der Waals surface area contributed by atoms with E-state index in [2.05, 4.69) is 68.2 Å². The molecule has 1 fully saturated rings. The molecular formula is C15H23NS. The van der Waals surface area contributed by atoms with Gasteiger partial charge >= 0.3 is 0 Å². The lowest BCUT2D eigenvalue weighted by molar-refractivity contribution is 0.381. The van der Waals surface area contributed by atoms with E-state index in [9.17, 15) is 0 Å². The van der Waals surface area contributed by atoms with Crippen LogP contribution in [0.1, 0.15) is 38.8 Å². The van der Waals surface area contributed by atoms with Gasteiger partial charge in [0.1, 0.15) is 0 Å². The molecule has 0 amide bonds. The highest BCUT2D eigenvalue weighted by Gasteiger charge is 2.32. The molecular weight excluding hydrogens is 226 g/mol. The molecule has 0 radical (unpaired) electrons. The van der Waals surface area contributed by atoms with Gasteiger partial charge in [-0.25, -0.2) is 0 Å². The fraction of sp³-hybridized carbons (Fsp3) is 0.600. The Labute approximate surface area is 109 Å². The molecule has 1 saturated heterocycles. The first kappa shape index (κ1) is 13.0. The van der Waals surface area contributed by atoms with Crippen molar-refractivity contribution in [3.63, 3.8) is 0 Å². The fourth-order valence-electron chi connectivity index (χ4n) is 2.48. The average molecular weight is 249 g/mol. The van der Waals surface area contributed by atoms with E-state index in [4.69, 9.17) is 0 Å². The molecule has 1 aromatic carbocycles. The van der Waals surface area contributed by atoms with Gasteiger partial charge in [0, 0.05) is 23.1 Å². The fourth-order valence-corrected chi connectivity index (χ4v) is 4.08. The second-order valence-corrected chi connectivity index (χ2v) is 6.41. The molecule has 3 atom stereocenters. The Balaban J connectivity index is 2.19. The van der Waals surface area contributed by atoms with Crippen LogP contribution in [-0.2, 0) is 0 Å². The van der Waals surface area contributed by atoms with Crippen molar-refractivity contribution in [2.24, 2.45) is 5.92 Å². The highest BCUT2D eigenvalue weighted by atomic mass is 32.2. The van der Waals surface area contributed by atoms with Crippen LogP contribution in [0.3, 0.4) is 0 Å². The molecule has 1 nitrogen and oxygen atoms in total. The smallest absolute Gasteiger partial charge is 0.0445 e. The zero-order valence-electron chi connectivity index (χ0n) is 11.0. The minimum atomic E-state index is 0.514. The molecule has 94 valence electrons. The van der Waals surface area contributed by atoms with Crippen molar-refractivity contribution in [2.75, 3.05) is 5.75 Å². The van der Waals surface area contributed by atoms with Crippen LogP contribution < -0.4 is 5.32 Å². The third kappa shape index (κ3) is 3.05. The molecule has 0 aliphatic carbocycles. The van der Waals surface area contributed by atoms with Crippen LogP contribution in [0.4, 0.5) is 0 Å². The lowest BCUT2D eigenvalue weighted by Crippen LogP contribution is -2.45. The zero-order chi connectivity index (χ0) is 12.3. The van der Waals surface area contributed by atoms with Crippen LogP contribution in [0.5, 0.6) is 0 Å². The predicted octanol–water partition coefficient (Wildman–Crippen LogP) is 3.87. The van der Waals surface area contributed by atoms with Gasteiger partial charge in [0.25, 0.3) is 0 Å². The monoisotopic (exact) mass is 249 g/mol. The molecule has 0 aromatic heterocycles. The van der Waals surface area contributed by atoms with E-state index in [0.717, 1.165) is 5.92 Å². The number of rotatable bonds is 3. The van der Waals surface area contributed by atoms with Crippen molar-refractivity contribution in [3.8, 4) is 0 Å². The van der Waals surface area contributed by atoms with Gasteiger partial charge in [-0.2, -0.15) is 11.8 Å². The van der Waals surface area contributed by atoms with Gasteiger partial charge in [0.2, 0.25) is 0 Å². The number of thioether (sulfide) groups is 1. The quantitative estimate of drug-likeness (QED) is 0.873. The average Bonchev–Trinajstić information content (AvgIpc) is 2.39. The molecule has 0 saturated carbocycles. The summed E-state index contributed by atoms with van der Waals surface area (Å²) in [4.78, 5) is 0. The van der Waals surface area contributed by atoms with Crippen molar-refractivity contribution >= 4 is 11.8 Å². The summed E-state index contributed by atoms with van der Waals surface area (Å²) >= 11 is 2.14. The zero-order valence-corrected chi connectivity index (χ0v) is 11.8. The van der Waals surface area contributed by atoms with Gasteiger partial charge in [0.15, 0.2) is 0 Å². The van der Waals surface area contributed by atoms with Crippen molar-refractivity contribution in [1.82, 2.24) is 5.32 Å². The SMILES string of the molecule is CCC1CSC(C(C)C)C(c2ccccc2)N1. The highest BCUT2D eigenvalue weighted by molar-refractivity contribution is 8.00. The Morgan fingerprint density at radius 1 is 1.29 bits per heavy atom. The van der Waals surface area contributed by atoms with Crippen molar-refractivity contribution in [1.29, 1.82) is 0 Å². The number of hydrogen-bond acceptors (Lipinski definition) is 2. The first-order chi connectivity index (χ1) is 8.22. The molecule has 0 bridgehead atoms. The van der Waals surface area contributed by atoms with E-state index in [0.29, 0.717) is 17.3 Å².